The van der Waals surface area contributed by atoms with Crippen molar-refractivity contribution >= 4 is 12.4 Å². The second-order valence-electron chi connectivity index (χ2n) is 2.25. The van der Waals surface area contributed by atoms with E-state index in [1.807, 2.05) is 0 Å². The maximum Gasteiger partial charge on any atom is 0.150 e. The topological polar surface area (TPSA) is 57.5 Å². The van der Waals surface area contributed by atoms with Crippen LogP contribution in [0.2, 0.25) is 0 Å². The molecule has 0 amide bonds. The van der Waals surface area contributed by atoms with Crippen molar-refractivity contribution < 1.29 is 15.0 Å². The number of carbonyl (C=O) groups excluding carboxylic acids is 1. The third-order valence-corrected chi connectivity index (χ3v) is 1.45. The summed E-state index contributed by atoms with van der Waals surface area (Å²) < 4.78 is 0. The molecule has 1 aromatic carbocycles. The van der Waals surface area contributed by atoms with Gasteiger partial charge >= 0.3 is 0 Å². The van der Waals surface area contributed by atoms with E-state index in [0.29, 0.717) is 17.4 Å². The van der Waals surface area contributed by atoms with Gasteiger partial charge in [0.2, 0.25) is 0 Å². The van der Waals surface area contributed by atoms with E-state index >= 15 is 0 Å². The fourth-order valence-electron chi connectivity index (χ4n) is 0.894. The molecule has 0 unspecified atom stereocenters. The Bertz CT molecular complexity index is 316. The van der Waals surface area contributed by atoms with Crippen LogP contribution in [-0.2, 0) is 0 Å². The van der Waals surface area contributed by atoms with Crippen LogP contribution in [0.25, 0.3) is 6.08 Å². The van der Waals surface area contributed by atoms with E-state index in [9.17, 15) is 4.79 Å². The number of carbonyl (C=O) groups is 1. The molecule has 3 heteroatoms. The first-order chi connectivity index (χ1) is 5.77. The molecule has 0 aromatic heterocycles. The monoisotopic (exact) mass is 164 g/mol. The van der Waals surface area contributed by atoms with Gasteiger partial charge < -0.3 is 10.2 Å². The maximum absolute atomic E-state index is 10.4. The Balaban J connectivity index is 3.20. The van der Waals surface area contributed by atoms with Crippen molar-refractivity contribution in [2.45, 2.75) is 0 Å². The summed E-state index contributed by atoms with van der Waals surface area (Å²) in [6.07, 6.45) is 2.82. The van der Waals surface area contributed by atoms with Crippen molar-refractivity contribution in [1.29, 1.82) is 0 Å². The molecule has 1 rings (SSSR count). The van der Waals surface area contributed by atoms with E-state index in [1.54, 1.807) is 0 Å². The molecule has 0 bridgehead atoms. The molecule has 0 aliphatic rings. The molecule has 0 atom stereocenters. The van der Waals surface area contributed by atoms with E-state index in [4.69, 9.17) is 10.2 Å². The molecule has 0 radical (unpaired) electrons. The van der Waals surface area contributed by atoms with Crippen LogP contribution in [0.15, 0.2) is 24.5 Å². The number of hydrogen-bond donors (Lipinski definition) is 2. The quantitative estimate of drug-likeness (QED) is 0.517. The lowest BCUT2D eigenvalue weighted by Crippen LogP contribution is -1.84. The van der Waals surface area contributed by atoms with Crippen LogP contribution in [0.4, 0.5) is 0 Å². The molecule has 0 spiro atoms. The van der Waals surface area contributed by atoms with Gasteiger partial charge in [-0.1, -0.05) is 0 Å². The fraction of sp³-hybridized carbons (Fsp3) is 0. The molecule has 0 heterocycles. The number of aromatic hydroxyl groups is 1. The fourth-order valence-corrected chi connectivity index (χ4v) is 0.894. The molecule has 0 saturated carbocycles. The Morgan fingerprint density at radius 3 is 2.58 bits per heavy atom. The Hall–Kier alpha value is -1.77. The molecule has 0 saturated heterocycles. The lowest BCUT2D eigenvalue weighted by molar-refractivity contribution is 0.112. The third-order valence-electron chi connectivity index (χ3n) is 1.45. The molecule has 0 aliphatic carbocycles. The summed E-state index contributed by atoms with van der Waals surface area (Å²) in [7, 11) is 0. The SMILES string of the molecule is O=Cc1ccc(O)cc1/C=C/O. The molecular formula is C9H8O3. The van der Waals surface area contributed by atoms with Gasteiger partial charge in [0, 0.05) is 5.56 Å². The zero-order valence-corrected chi connectivity index (χ0v) is 6.27. The average molecular weight is 164 g/mol. The van der Waals surface area contributed by atoms with E-state index < -0.39 is 0 Å². The highest BCUT2D eigenvalue weighted by atomic mass is 16.3. The van der Waals surface area contributed by atoms with Gasteiger partial charge in [0.05, 0.1) is 6.26 Å². The van der Waals surface area contributed by atoms with Crippen molar-refractivity contribution in [3.05, 3.63) is 35.6 Å². The van der Waals surface area contributed by atoms with E-state index in [-0.39, 0.29) is 5.75 Å². The number of aldehydes is 1. The van der Waals surface area contributed by atoms with Crippen molar-refractivity contribution in [2.24, 2.45) is 0 Å². The number of phenols is 1. The summed E-state index contributed by atoms with van der Waals surface area (Å²) in [6.45, 7) is 0. The predicted octanol–water partition coefficient (Wildman–Crippen LogP) is 1.73. The van der Waals surface area contributed by atoms with E-state index in [2.05, 4.69) is 0 Å². The molecule has 2 N–H and O–H groups in total. The number of benzene rings is 1. The van der Waals surface area contributed by atoms with Crippen molar-refractivity contribution in [3.63, 3.8) is 0 Å². The summed E-state index contributed by atoms with van der Waals surface area (Å²) in [5.41, 5.74) is 0.922. The van der Waals surface area contributed by atoms with Gasteiger partial charge in [0.1, 0.15) is 5.75 Å². The van der Waals surface area contributed by atoms with Gasteiger partial charge in [-0.3, -0.25) is 4.79 Å². The highest BCUT2D eigenvalue weighted by Crippen LogP contribution is 2.16. The first kappa shape index (κ1) is 8.33. The van der Waals surface area contributed by atoms with Crippen LogP contribution >= 0.6 is 0 Å². The highest BCUT2D eigenvalue weighted by molar-refractivity contribution is 5.82. The average Bonchev–Trinajstić information content (AvgIpc) is 2.05. The molecule has 3 nitrogen and oxygen atoms in total. The highest BCUT2D eigenvalue weighted by Gasteiger charge is 1.98. The molecule has 0 fully saturated rings. The summed E-state index contributed by atoms with van der Waals surface area (Å²) in [5.74, 6) is 0.0636. The molecule has 62 valence electrons. The summed E-state index contributed by atoms with van der Waals surface area (Å²) >= 11 is 0. The van der Waals surface area contributed by atoms with Gasteiger partial charge in [-0.05, 0) is 29.8 Å². The Morgan fingerprint density at radius 2 is 2.00 bits per heavy atom. The summed E-state index contributed by atoms with van der Waals surface area (Å²) in [4.78, 5) is 10.4. The minimum Gasteiger partial charge on any atom is -0.516 e. The van der Waals surface area contributed by atoms with Crippen LogP contribution in [-0.4, -0.2) is 16.5 Å². The summed E-state index contributed by atoms with van der Waals surface area (Å²) in [6, 6.07) is 4.30. The first-order valence-electron chi connectivity index (χ1n) is 3.37. The minimum absolute atomic E-state index is 0.0636. The molecule has 0 aliphatic heterocycles. The van der Waals surface area contributed by atoms with Crippen LogP contribution in [0.5, 0.6) is 5.75 Å². The normalized spacial score (nSPS) is 10.3. The minimum atomic E-state index is 0.0636. The predicted molar refractivity (Wildman–Crippen MR) is 45.2 cm³/mol. The smallest absolute Gasteiger partial charge is 0.150 e. The third kappa shape index (κ3) is 1.63. The standard InChI is InChI=1S/C9H8O3/c10-4-3-7-5-9(12)2-1-8(7)6-11/h1-6,10,12H/b4-3+. The van der Waals surface area contributed by atoms with E-state index in [1.165, 1.54) is 24.3 Å². The summed E-state index contributed by atoms with van der Waals surface area (Å²) in [5, 5.41) is 17.5. The maximum atomic E-state index is 10.4. The van der Waals surface area contributed by atoms with Gasteiger partial charge in [0.15, 0.2) is 6.29 Å². The number of hydrogen-bond acceptors (Lipinski definition) is 3. The number of phenolic OH excluding ortho intramolecular Hbond substituents is 1. The van der Waals surface area contributed by atoms with Gasteiger partial charge in [-0.15, -0.1) is 0 Å². The van der Waals surface area contributed by atoms with Crippen LogP contribution in [0, 0.1) is 0 Å². The van der Waals surface area contributed by atoms with Crippen molar-refractivity contribution in [1.82, 2.24) is 0 Å². The lowest BCUT2D eigenvalue weighted by Gasteiger charge is -1.98. The number of rotatable bonds is 2. The second kappa shape index (κ2) is 3.57. The van der Waals surface area contributed by atoms with Crippen molar-refractivity contribution in [3.8, 4) is 5.75 Å². The lowest BCUT2D eigenvalue weighted by atomic mass is 10.1. The Kier molecular flexibility index (Phi) is 2.48. The first-order valence-corrected chi connectivity index (χ1v) is 3.37. The van der Waals surface area contributed by atoms with Crippen LogP contribution in [0.1, 0.15) is 15.9 Å². The zero-order chi connectivity index (χ0) is 8.97. The molecule has 12 heavy (non-hydrogen) atoms. The molecule has 1 aromatic rings. The number of aliphatic hydroxyl groups is 1. The zero-order valence-electron chi connectivity index (χ0n) is 6.27. The second-order valence-corrected chi connectivity index (χ2v) is 2.25. The molecular weight excluding hydrogens is 156 g/mol. The van der Waals surface area contributed by atoms with Gasteiger partial charge in [-0.25, -0.2) is 0 Å². The van der Waals surface area contributed by atoms with Crippen molar-refractivity contribution in [2.75, 3.05) is 0 Å². The largest absolute Gasteiger partial charge is 0.516 e. The Morgan fingerprint density at radius 1 is 1.25 bits per heavy atom. The van der Waals surface area contributed by atoms with E-state index in [0.717, 1.165) is 6.26 Å². The van der Waals surface area contributed by atoms with Gasteiger partial charge in [0.25, 0.3) is 0 Å². The van der Waals surface area contributed by atoms with Gasteiger partial charge in [-0.2, -0.15) is 0 Å². The van der Waals surface area contributed by atoms with Crippen LogP contribution < -0.4 is 0 Å². The Labute approximate surface area is 69.6 Å². The number of aliphatic hydroxyl groups excluding tert-OH is 1. The van der Waals surface area contributed by atoms with Crippen LogP contribution in [0.3, 0.4) is 0 Å².